The van der Waals surface area contributed by atoms with Gasteiger partial charge < -0.3 is 9.22 Å². The van der Waals surface area contributed by atoms with Crippen molar-refractivity contribution in [1.82, 2.24) is 0 Å². The summed E-state index contributed by atoms with van der Waals surface area (Å²) in [6.07, 6.45) is 13.4. The fourth-order valence-electron chi connectivity index (χ4n) is 3.37. The highest BCUT2D eigenvalue weighted by molar-refractivity contribution is 5.66. The summed E-state index contributed by atoms with van der Waals surface area (Å²) in [6, 6.07) is 0. The lowest BCUT2D eigenvalue weighted by molar-refractivity contribution is -0.915. The standard InChI is InChI=1S/C18H36NO2/c1-4-5-6-7-8-9-10-11-14-19(3)15-12-18(13-16-19)21-17(2)20/h18H,4-16H2,1-3H3/q+1. The molecule has 0 bridgehead atoms. The highest BCUT2D eigenvalue weighted by atomic mass is 16.5. The molecule has 0 aromatic heterocycles. The van der Waals surface area contributed by atoms with Crippen LogP contribution in [0.4, 0.5) is 0 Å². The van der Waals surface area contributed by atoms with Gasteiger partial charge in [0.25, 0.3) is 0 Å². The molecular weight excluding hydrogens is 262 g/mol. The van der Waals surface area contributed by atoms with E-state index < -0.39 is 0 Å². The van der Waals surface area contributed by atoms with Crippen LogP contribution in [0.25, 0.3) is 0 Å². The van der Waals surface area contributed by atoms with Crippen LogP contribution in [0, 0.1) is 0 Å². The zero-order chi connectivity index (χ0) is 15.6. The topological polar surface area (TPSA) is 26.3 Å². The maximum atomic E-state index is 11.0. The average molecular weight is 298 g/mol. The number of carbonyl (C=O) groups is 1. The summed E-state index contributed by atoms with van der Waals surface area (Å²) in [5.41, 5.74) is 0. The van der Waals surface area contributed by atoms with Gasteiger partial charge in [-0.3, -0.25) is 4.79 Å². The van der Waals surface area contributed by atoms with Crippen LogP contribution < -0.4 is 0 Å². The molecule has 1 heterocycles. The van der Waals surface area contributed by atoms with Crippen LogP contribution >= 0.6 is 0 Å². The van der Waals surface area contributed by atoms with E-state index in [0.717, 1.165) is 25.9 Å². The van der Waals surface area contributed by atoms with Gasteiger partial charge in [0, 0.05) is 19.8 Å². The maximum absolute atomic E-state index is 11.0. The number of rotatable bonds is 10. The van der Waals surface area contributed by atoms with Crippen molar-refractivity contribution in [1.29, 1.82) is 0 Å². The summed E-state index contributed by atoms with van der Waals surface area (Å²) in [5.74, 6) is -0.126. The Labute approximate surface area is 131 Å². The van der Waals surface area contributed by atoms with E-state index in [0.29, 0.717) is 0 Å². The van der Waals surface area contributed by atoms with E-state index in [9.17, 15) is 4.79 Å². The molecule has 0 N–H and O–H groups in total. The number of piperidine rings is 1. The lowest BCUT2D eigenvalue weighted by Gasteiger charge is -2.40. The van der Waals surface area contributed by atoms with E-state index >= 15 is 0 Å². The van der Waals surface area contributed by atoms with Crippen molar-refractivity contribution in [3.63, 3.8) is 0 Å². The summed E-state index contributed by atoms with van der Waals surface area (Å²) >= 11 is 0. The molecule has 1 aliphatic rings. The van der Waals surface area contributed by atoms with E-state index in [4.69, 9.17) is 4.74 Å². The van der Waals surface area contributed by atoms with Crippen molar-refractivity contribution in [3.05, 3.63) is 0 Å². The first-order chi connectivity index (χ1) is 10.1. The molecular formula is C18H36NO2+. The minimum Gasteiger partial charge on any atom is -0.462 e. The Morgan fingerprint density at radius 3 is 2.05 bits per heavy atom. The van der Waals surface area contributed by atoms with E-state index in [1.807, 2.05) is 0 Å². The highest BCUT2D eigenvalue weighted by Gasteiger charge is 2.30. The smallest absolute Gasteiger partial charge is 0.302 e. The number of nitrogens with zero attached hydrogens (tertiary/aromatic N) is 1. The molecule has 0 aromatic carbocycles. The molecule has 124 valence electrons. The fourth-order valence-corrected chi connectivity index (χ4v) is 3.37. The minimum atomic E-state index is -0.126. The molecule has 0 aromatic rings. The fraction of sp³-hybridized carbons (Fsp3) is 0.944. The largest absolute Gasteiger partial charge is 0.462 e. The molecule has 0 atom stereocenters. The second-order valence-electron chi connectivity index (χ2n) is 7.07. The third-order valence-corrected chi connectivity index (χ3v) is 4.87. The Bertz CT molecular complexity index is 283. The van der Waals surface area contributed by atoms with Gasteiger partial charge in [0.15, 0.2) is 0 Å². The van der Waals surface area contributed by atoms with Gasteiger partial charge in [0.05, 0.1) is 26.7 Å². The lowest BCUT2D eigenvalue weighted by atomic mass is 10.0. The molecule has 21 heavy (non-hydrogen) atoms. The Balaban J connectivity index is 2.03. The highest BCUT2D eigenvalue weighted by Crippen LogP contribution is 2.21. The zero-order valence-electron chi connectivity index (χ0n) is 14.5. The molecule has 0 radical (unpaired) electrons. The Morgan fingerprint density at radius 1 is 1.00 bits per heavy atom. The molecule has 0 saturated carbocycles. The second-order valence-corrected chi connectivity index (χ2v) is 7.07. The first kappa shape index (κ1) is 18.5. The first-order valence-corrected chi connectivity index (χ1v) is 9.06. The second kappa shape index (κ2) is 10.2. The number of ether oxygens (including phenoxy) is 1. The predicted octanol–water partition coefficient (Wildman–Crippen LogP) is 4.30. The first-order valence-electron chi connectivity index (χ1n) is 9.06. The molecule has 3 nitrogen and oxygen atoms in total. The van der Waals surface area contributed by atoms with Gasteiger partial charge in [-0.15, -0.1) is 0 Å². The minimum absolute atomic E-state index is 0.126. The van der Waals surface area contributed by atoms with Crippen molar-refractivity contribution < 1.29 is 14.0 Å². The quantitative estimate of drug-likeness (QED) is 0.341. The number of hydrogen-bond donors (Lipinski definition) is 0. The number of unbranched alkanes of at least 4 members (excludes halogenated alkanes) is 7. The average Bonchev–Trinajstić information content (AvgIpc) is 2.44. The molecule has 0 spiro atoms. The number of likely N-dealkylation sites (tertiary alicyclic amines) is 1. The van der Waals surface area contributed by atoms with Gasteiger partial charge in [0.1, 0.15) is 6.10 Å². The van der Waals surface area contributed by atoms with Gasteiger partial charge in [-0.1, -0.05) is 45.4 Å². The van der Waals surface area contributed by atoms with Crippen LogP contribution in [-0.4, -0.2) is 43.2 Å². The van der Waals surface area contributed by atoms with Crippen molar-refractivity contribution in [2.75, 3.05) is 26.7 Å². The Hall–Kier alpha value is -0.570. The van der Waals surface area contributed by atoms with Crippen molar-refractivity contribution in [2.24, 2.45) is 0 Å². The number of esters is 1. The van der Waals surface area contributed by atoms with E-state index in [-0.39, 0.29) is 12.1 Å². The van der Waals surface area contributed by atoms with E-state index in [1.165, 1.54) is 69.3 Å². The number of carbonyl (C=O) groups excluding carboxylic acids is 1. The van der Waals surface area contributed by atoms with Crippen LogP contribution in [0.1, 0.15) is 78.1 Å². The zero-order valence-corrected chi connectivity index (χ0v) is 14.5. The van der Waals surface area contributed by atoms with Crippen molar-refractivity contribution in [2.45, 2.75) is 84.2 Å². The molecule has 0 amide bonds. The van der Waals surface area contributed by atoms with Gasteiger partial charge in [-0.25, -0.2) is 0 Å². The lowest BCUT2D eigenvalue weighted by Crippen LogP contribution is -2.51. The molecule has 1 fully saturated rings. The molecule has 1 rings (SSSR count). The van der Waals surface area contributed by atoms with Gasteiger partial charge >= 0.3 is 5.97 Å². The Kier molecular flexibility index (Phi) is 8.98. The molecule has 3 heteroatoms. The third kappa shape index (κ3) is 8.45. The normalized spacial score (nSPS) is 25.8. The SMILES string of the molecule is CCCCCCCCCC[N+]1(C)CCC(OC(C)=O)CC1. The maximum Gasteiger partial charge on any atom is 0.302 e. The number of quaternary nitrogens is 1. The number of hydrogen-bond acceptors (Lipinski definition) is 2. The predicted molar refractivity (Wildman–Crippen MR) is 88.2 cm³/mol. The molecule has 0 unspecified atom stereocenters. The summed E-state index contributed by atoms with van der Waals surface area (Å²) < 4.78 is 6.50. The van der Waals surface area contributed by atoms with Crippen LogP contribution in [0.5, 0.6) is 0 Å². The van der Waals surface area contributed by atoms with Crippen molar-refractivity contribution in [3.8, 4) is 0 Å². The summed E-state index contributed by atoms with van der Waals surface area (Å²) in [7, 11) is 2.37. The van der Waals surface area contributed by atoms with Crippen molar-refractivity contribution >= 4 is 5.97 Å². The van der Waals surface area contributed by atoms with Gasteiger partial charge in [0.2, 0.25) is 0 Å². The molecule has 1 aliphatic heterocycles. The van der Waals surface area contributed by atoms with Gasteiger partial charge in [-0.05, 0) is 12.8 Å². The molecule has 0 aliphatic carbocycles. The summed E-state index contributed by atoms with van der Waals surface area (Å²) in [5, 5.41) is 0. The summed E-state index contributed by atoms with van der Waals surface area (Å²) in [4.78, 5) is 11.0. The molecule has 1 saturated heterocycles. The van der Waals surface area contributed by atoms with E-state index in [2.05, 4.69) is 14.0 Å². The Morgan fingerprint density at radius 2 is 1.52 bits per heavy atom. The third-order valence-electron chi connectivity index (χ3n) is 4.87. The van der Waals surface area contributed by atoms with E-state index in [1.54, 1.807) is 0 Å². The van der Waals surface area contributed by atoms with Crippen LogP contribution in [0.15, 0.2) is 0 Å². The summed E-state index contributed by atoms with van der Waals surface area (Å²) in [6.45, 7) is 7.41. The van der Waals surface area contributed by atoms with Gasteiger partial charge in [-0.2, -0.15) is 0 Å². The van der Waals surface area contributed by atoms with Crippen LogP contribution in [0.2, 0.25) is 0 Å². The van der Waals surface area contributed by atoms with Crippen LogP contribution in [0.3, 0.4) is 0 Å². The monoisotopic (exact) mass is 298 g/mol. The van der Waals surface area contributed by atoms with Crippen LogP contribution in [-0.2, 0) is 9.53 Å².